The van der Waals surface area contributed by atoms with Gasteiger partial charge in [0, 0.05) is 24.4 Å². The fourth-order valence-electron chi connectivity index (χ4n) is 3.63. The maximum absolute atomic E-state index is 12.4. The van der Waals surface area contributed by atoms with Gasteiger partial charge in [0.15, 0.2) is 0 Å². The molecular weight excluding hydrogens is 288 g/mol. The van der Waals surface area contributed by atoms with Crippen LogP contribution in [0.4, 0.5) is 4.79 Å². The van der Waals surface area contributed by atoms with Crippen molar-refractivity contribution >= 4 is 23.8 Å². The highest BCUT2D eigenvalue weighted by atomic mass is 32.2. The molecule has 1 heterocycles. The Bertz CT molecular complexity index is 404. The number of carbonyl (C=O) groups excluding carboxylic acids is 1. The molecule has 2 N–H and O–H groups in total. The van der Waals surface area contributed by atoms with Gasteiger partial charge in [-0.3, -0.25) is 4.79 Å². The van der Waals surface area contributed by atoms with Crippen molar-refractivity contribution in [3.8, 4) is 0 Å². The third-order valence-electron chi connectivity index (χ3n) is 4.89. The molecule has 2 rings (SSSR count). The van der Waals surface area contributed by atoms with E-state index < -0.39 is 11.4 Å². The fourth-order valence-corrected chi connectivity index (χ4v) is 4.57. The first-order valence-corrected chi connectivity index (χ1v) is 9.13. The average Bonchev–Trinajstić information content (AvgIpc) is 3.06. The third-order valence-corrected chi connectivity index (χ3v) is 6.06. The topological polar surface area (TPSA) is 69.6 Å². The van der Waals surface area contributed by atoms with Crippen molar-refractivity contribution in [2.45, 2.75) is 56.7 Å². The summed E-state index contributed by atoms with van der Waals surface area (Å²) in [6, 6.07) is 0.152. The van der Waals surface area contributed by atoms with Gasteiger partial charge in [-0.1, -0.05) is 19.8 Å². The van der Waals surface area contributed by atoms with Gasteiger partial charge in [-0.25, -0.2) is 4.79 Å². The molecule has 1 saturated carbocycles. The Morgan fingerprint density at radius 3 is 2.81 bits per heavy atom. The molecule has 6 heteroatoms. The van der Waals surface area contributed by atoms with E-state index in [0.29, 0.717) is 31.2 Å². The van der Waals surface area contributed by atoms with Crippen LogP contribution in [-0.4, -0.2) is 52.6 Å². The van der Waals surface area contributed by atoms with Gasteiger partial charge in [0.1, 0.15) is 0 Å². The van der Waals surface area contributed by atoms with E-state index >= 15 is 0 Å². The molecule has 2 aliphatic rings. The molecule has 3 unspecified atom stereocenters. The number of nitrogens with zero attached hydrogens (tertiary/aromatic N) is 1. The highest BCUT2D eigenvalue weighted by molar-refractivity contribution is 7.99. The number of carboxylic acids is 1. The Labute approximate surface area is 130 Å². The molecule has 1 aliphatic heterocycles. The molecule has 0 radical (unpaired) electrons. The number of amides is 2. The zero-order valence-corrected chi connectivity index (χ0v) is 13.7. The number of carboxylic acid groups (broad SMARTS) is 1. The van der Waals surface area contributed by atoms with Crippen LogP contribution in [0.15, 0.2) is 0 Å². The Hall–Kier alpha value is -0.910. The molecule has 5 nitrogen and oxygen atoms in total. The largest absolute Gasteiger partial charge is 0.481 e. The Balaban J connectivity index is 1.94. The number of hydrogen-bond acceptors (Lipinski definition) is 3. The summed E-state index contributed by atoms with van der Waals surface area (Å²) in [6.45, 7) is 2.89. The molecule has 1 saturated heterocycles. The molecule has 3 atom stereocenters. The van der Waals surface area contributed by atoms with Crippen LogP contribution in [0, 0.1) is 5.41 Å². The monoisotopic (exact) mass is 314 g/mol. The number of rotatable bonds is 5. The summed E-state index contributed by atoms with van der Waals surface area (Å²) in [5, 5.41) is 13.1. The fraction of sp³-hybridized carbons (Fsp3) is 0.867. The Morgan fingerprint density at radius 2 is 2.19 bits per heavy atom. The van der Waals surface area contributed by atoms with Crippen molar-refractivity contribution in [1.82, 2.24) is 10.2 Å². The molecule has 0 spiro atoms. The lowest BCUT2D eigenvalue weighted by Crippen LogP contribution is -2.47. The highest BCUT2D eigenvalue weighted by Gasteiger charge is 2.45. The molecule has 0 aromatic carbocycles. The summed E-state index contributed by atoms with van der Waals surface area (Å²) < 4.78 is 0. The van der Waals surface area contributed by atoms with Crippen LogP contribution in [-0.2, 0) is 4.79 Å². The summed E-state index contributed by atoms with van der Waals surface area (Å²) in [7, 11) is 0. The molecule has 0 bridgehead atoms. The van der Waals surface area contributed by atoms with Crippen molar-refractivity contribution in [3.63, 3.8) is 0 Å². The number of urea groups is 1. The van der Waals surface area contributed by atoms with E-state index in [2.05, 4.69) is 11.6 Å². The number of aliphatic carboxylic acids is 1. The van der Waals surface area contributed by atoms with E-state index in [4.69, 9.17) is 0 Å². The minimum atomic E-state index is -0.762. The van der Waals surface area contributed by atoms with E-state index in [1.54, 1.807) is 4.90 Å². The number of carbonyl (C=O) groups is 2. The minimum Gasteiger partial charge on any atom is -0.481 e. The number of nitrogens with one attached hydrogen (secondary N) is 1. The Morgan fingerprint density at radius 1 is 1.43 bits per heavy atom. The first kappa shape index (κ1) is 16.5. The first-order valence-electron chi connectivity index (χ1n) is 7.84. The van der Waals surface area contributed by atoms with Crippen molar-refractivity contribution in [1.29, 1.82) is 0 Å². The summed E-state index contributed by atoms with van der Waals surface area (Å²) in [5.41, 5.74) is -0.735. The number of hydrogen-bond donors (Lipinski definition) is 2. The van der Waals surface area contributed by atoms with Gasteiger partial charge in [-0.05, 0) is 31.9 Å². The summed E-state index contributed by atoms with van der Waals surface area (Å²) >= 11 is 1.81. The number of likely N-dealkylation sites (tertiary alicyclic amines) is 1. The van der Waals surface area contributed by atoms with Crippen LogP contribution in [0.3, 0.4) is 0 Å². The van der Waals surface area contributed by atoms with Crippen molar-refractivity contribution in [2.24, 2.45) is 5.41 Å². The normalized spacial score (nSPS) is 32.4. The predicted molar refractivity (Wildman–Crippen MR) is 84.6 cm³/mol. The molecule has 0 aromatic rings. The van der Waals surface area contributed by atoms with Gasteiger partial charge in [-0.2, -0.15) is 11.8 Å². The van der Waals surface area contributed by atoms with Crippen LogP contribution >= 0.6 is 11.8 Å². The maximum Gasteiger partial charge on any atom is 0.317 e. The van der Waals surface area contributed by atoms with Crippen molar-refractivity contribution in [3.05, 3.63) is 0 Å². The second-order valence-corrected chi connectivity index (χ2v) is 7.34. The highest BCUT2D eigenvalue weighted by Crippen LogP contribution is 2.36. The van der Waals surface area contributed by atoms with Crippen LogP contribution in [0.2, 0.25) is 0 Å². The molecule has 2 amide bonds. The quantitative estimate of drug-likeness (QED) is 0.818. The van der Waals surface area contributed by atoms with Crippen LogP contribution in [0.25, 0.3) is 0 Å². The number of thioether (sulfide) groups is 1. The lowest BCUT2D eigenvalue weighted by molar-refractivity contribution is -0.148. The zero-order chi connectivity index (χ0) is 15.5. The maximum atomic E-state index is 12.4. The minimum absolute atomic E-state index is 0.0832. The van der Waals surface area contributed by atoms with E-state index in [1.165, 1.54) is 0 Å². The van der Waals surface area contributed by atoms with E-state index in [-0.39, 0.29) is 12.1 Å². The van der Waals surface area contributed by atoms with Gasteiger partial charge in [0.2, 0.25) is 0 Å². The van der Waals surface area contributed by atoms with Gasteiger partial charge < -0.3 is 15.3 Å². The third kappa shape index (κ3) is 3.47. The van der Waals surface area contributed by atoms with Crippen molar-refractivity contribution < 1.29 is 14.7 Å². The summed E-state index contributed by atoms with van der Waals surface area (Å²) in [5.74, 6) is -0.762. The lowest BCUT2D eigenvalue weighted by Gasteiger charge is -2.26. The lowest BCUT2D eigenvalue weighted by atomic mass is 9.83. The molecule has 1 aliphatic carbocycles. The molecule has 0 aromatic heterocycles. The average molecular weight is 314 g/mol. The smallest absolute Gasteiger partial charge is 0.317 e. The van der Waals surface area contributed by atoms with Crippen LogP contribution in [0.5, 0.6) is 0 Å². The van der Waals surface area contributed by atoms with Gasteiger partial charge >= 0.3 is 12.0 Å². The second kappa shape index (κ2) is 6.90. The van der Waals surface area contributed by atoms with Gasteiger partial charge in [-0.15, -0.1) is 0 Å². The van der Waals surface area contributed by atoms with E-state index in [9.17, 15) is 14.7 Å². The Kier molecular flexibility index (Phi) is 5.41. The standard InChI is InChI=1S/C15H26N2O3S/c1-3-7-15(13(18)19)8-9-17(10-15)14(20)16-11-5-4-6-12(11)21-2/h11-12H,3-10H2,1-2H3,(H,16,20)(H,18,19). The van der Waals surface area contributed by atoms with E-state index in [1.807, 2.05) is 18.7 Å². The van der Waals surface area contributed by atoms with Gasteiger partial charge in [0.25, 0.3) is 0 Å². The molecule has 2 fully saturated rings. The predicted octanol–water partition coefficient (Wildman–Crippen LogP) is 2.56. The molecule has 120 valence electrons. The SMILES string of the molecule is CCCC1(C(=O)O)CCN(C(=O)NC2CCCC2SC)C1. The summed E-state index contributed by atoms with van der Waals surface area (Å²) in [4.78, 5) is 25.6. The van der Waals surface area contributed by atoms with E-state index in [0.717, 1.165) is 25.7 Å². The van der Waals surface area contributed by atoms with Gasteiger partial charge in [0.05, 0.1) is 5.41 Å². The molecule has 21 heavy (non-hydrogen) atoms. The summed E-state index contributed by atoms with van der Waals surface area (Å²) in [6.07, 6.45) is 7.47. The first-order chi connectivity index (χ1) is 10.0. The second-order valence-electron chi connectivity index (χ2n) is 6.27. The van der Waals surface area contributed by atoms with Crippen LogP contribution < -0.4 is 5.32 Å². The zero-order valence-electron chi connectivity index (χ0n) is 12.9. The van der Waals surface area contributed by atoms with Crippen molar-refractivity contribution in [2.75, 3.05) is 19.3 Å². The van der Waals surface area contributed by atoms with Crippen LogP contribution in [0.1, 0.15) is 45.4 Å². The molecular formula is C15H26N2O3S.